The zero-order chi connectivity index (χ0) is 13.1. The molecule has 0 radical (unpaired) electrons. The van der Waals surface area contributed by atoms with Crippen LogP contribution in [0.5, 0.6) is 0 Å². The third-order valence-electron chi connectivity index (χ3n) is 3.63. The van der Waals surface area contributed by atoms with Crippen LogP contribution in [-0.4, -0.2) is 31.1 Å². The predicted octanol–water partition coefficient (Wildman–Crippen LogP) is 3.33. The molecule has 4 heteroatoms. The summed E-state index contributed by atoms with van der Waals surface area (Å²) in [6.07, 6.45) is 2.27. The highest BCUT2D eigenvalue weighted by Crippen LogP contribution is 2.23. The Kier molecular flexibility index (Phi) is 4.76. The Labute approximate surface area is 117 Å². The van der Waals surface area contributed by atoms with Crippen LogP contribution in [0.25, 0.3) is 0 Å². The number of rotatable bonds is 3. The fraction of sp³-hybridized carbons (Fsp3) is 0.571. The monoisotopic (exact) mass is 314 g/mol. The highest BCUT2D eigenvalue weighted by molar-refractivity contribution is 9.10. The van der Waals surface area contributed by atoms with Gasteiger partial charge in [0.15, 0.2) is 0 Å². The van der Waals surface area contributed by atoms with Gasteiger partial charge >= 0.3 is 0 Å². The summed E-state index contributed by atoms with van der Waals surface area (Å²) in [4.78, 5) is 2.34. The quantitative estimate of drug-likeness (QED) is 0.920. The zero-order valence-corrected chi connectivity index (χ0v) is 12.5. The molecule has 100 valence electrons. The van der Waals surface area contributed by atoms with Crippen molar-refractivity contribution in [2.75, 3.05) is 20.1 Å². The summed E-state index contributed by atoms with van der Waals surface area (Å²) in [5.41, 5.74) is 0.739. The van der Waals surface area contributed by atoms with E-state index in [0.29, 0.717) is 6.04 Å². The van der Waals surface area contributed by atoms with Crippen LogP contribution >= 0.6 is 15.9 Å². The molecule has 2 rings (SSSR count). The first kappa shape index (κ1) is 14.0. The molecule has 1 aromatic carbocycles. The van der Waals surface area contributed by atoms with Crippen LogP contribution in [0.4, 0.5) is 4.39 Å². The topological polar surface area (TPSA) is 15.3 Å². The first-order chi connectivity index (χ1) is 8.56. The van der Waals surface area contributed by atoms with Crippen LogP contribution in [0, 0.1) is 5.82 Å². The lowest BCUT2D eigenvalue weighted by atomic mass is 10.0. The van der Waals surface area contributed by atoms with Crippen molar-refractivity contribution in [1.82, 2.24) is 10.2 Å². The number of nitrogens with zero attached hydrogens (tertiary/aromatic N) is 1. The third-order valence-corrected chi connectivity index (χ3v) is 4.12. The Morgan fingerprint density at radius 2 is 2.06 bits per heavy atom. The molecule has 18 heavy (non-hydrogen) atoms. The van der Waals surface area contributed by atoms with Gasteiger partial charge in [0, 0.05) is 22.1 Å². The Hall–Kier alpha value is -0.450. The van der Waals surface area contributed by atoms with Crippen LogP contribution in [0.15, 0.2) is 22.7 Å². The molecule has 1 unspecified atom stereocenters. The molecule has 1 saturated heterocycles. The molecule has 1 N–H and O–H groups in total. The molecule has 1 aliphatic heterocycles. The molecule has 1 aliphatic rings. The fourth-order valence-electron chi connectivity index (χ4n) is 2.47. The summed E-state index contributed by atoms with van der Waals surface area (Å²) in [5.74, 6) is -0.133. The van der Waals surface area contributed by atoms with Crippen molar-refractivity contribution >= 4 is 15.9 Å². The summed E-state index contributed by atoms with van der Waals surface area (Å²) < 4.78 is 14.7. The minimum Gasteiger partial charge on any atom is -0.307 e. The minimum absolute atomic E-state index is 0.0518. The van der Waals surface area contributed by atoms with Crippen LogP contribution in [-0.2, 0) is 0 Å². The van der Waals surface area contributed by atoms with Gasteiger partial charge in [-0.05, 0) is 58.1 Å². The predicted molar refractivity (Wildman–Crippen MR) is 76.2 cm³/mol. The van der Waals surface area contributed by atoms with E-state index < -0.39 is 0 Å². The molecule has 1 fully saturated rings. The lowest BCUT2D eigenvalue weighted by molar-refractivity contribution is 0.226. The molecule has 0 aromatic heterocycles. The average molecular weight is 315 g/mol. The van der Waals surface area contributed by atoms with E-state index in [-0.39, 0.29) is 11.9 Å². The lowest BCUT2D eigenvalue weighted by Crippen LogP contribution is -2.41. The second-order valence-electron chi connectivity index (χ2n) is 5.13. The maximum atomic E-state index is 13.8. The van der Waals surface area contributed by atoms with Crippen LogP contribution < -0.4 is 5.32 Å². The third kappa shape index (κ3) is 3.53. The number of likely N-dealkylation sites (tertiary alicyclic amines) is 1. The highest BCUT2D eigenvalue weighted by atomic mass is 79.9. The van der Waals surface area contributed by atoms with E-state index in [0.717, 1.165) is 36.0 Å². The summed E-state index contributed by atoms with van der Waals surface area (Å²) in [6.45, 7) is 4.26. The standard InChI is InChI=1S/C14H20BrFN2/c1-10(13-9-11(15)3-4-14(13)16)17-12-5-7-18(2)8-6-12/h3-4,9-10,12,17H,5-8H2,1-2H3. The Bertz CT molecular complexity index is 403. The molecule has 0 bridgehead atoms. The van der Waals surface area contributed by atoms with E-state index in [2.05, 4.69) is 33.2 Å². The first-order valence-electron chi connectivity index (χ1n) is 6.46. The number of benzene rings is 1. The molecule has 0 saturated carbocycles. The van der Waals surface area contributed by atoms with Gasteiger partial charge in [-0.2, -0.15) is 0 Å². The van der Waals surface area contributed by atoms with E-state index in [1.165, 1.54) is 6.07 Å². The molecule has 0 spiro atoms. The van der Waals surface area contributed by atoms with Crippen LogP contribution in [0.3, 0.4) is 0 Å². The van der Waals surface area contributed by atoms with Gasteiger partial charge in [-0.15, -0.1) is 0 Å². The largest absolute Gasteiger partial charge is 0.307 e. The number of hydrogen-bond donors (Lipinski definition) is 1. The smallest absolute Gasteiger partial charge is 0.128 e. The Morgan fingerprint density at radius 3 is 2.72 bits per heavy atom. The van der Waals surface area contributed by atoms with Crippen molar-refractivity contribution in [2.45, 2.75) is 31.8 Å². The molecule has 1 atom stereocenters. The summed E-state index contributed by atoms with van der Waals surface area (Å²) in [6, 6.07) is 5.67. The average Bonchev–Trinajstić information content (AvgIpc) is 2.35. The van der Waals surface area contributed by atoms with Crippen LogP contribution in [0.1, 0.15) is 31.4 Å². The SMILES string of the molecule is CC(NC1CCN(C)CC1)c1cc(Br)ccc1F. The van der Waals surface area contributed by atoms with Gasteiger partial charge < -0.3 is 10.2 Å². The highest BCUT2D eigenvalue weighted by Gasteiger charge is 2.20. The first-order valence-corrected chi connectivity index (χ1v) is 7.25. The summed E-state index contributed by atoms with van der Waals surface area (Å²) in [7, 11) is 2.15. The second-order valence-corrected chi connectivity index (χ2v) is 6.05. The minimum atomic E-state index is -0.133. The molecular formula is C14H20BrFN2. The van der Waals surface area contributed by atoms with Gasteiger partial charge in [-0.1, -0.05) is 15.9 Å². The summed E-state index contributed by atoms with van der Waals surface area (Å²) in [5, 5.41) is 3.54. The van der Waals surface area contributed by atoms with Crippen molar-refractivity contribution in [2.24, 2.45) is 0 Å². The van der Waals surface area contributed by atoms with E-state index in [4.69, 9.17) is 0 Å². The Morgan fingerprint density at radius 1 is 1.39 bits per heavy atom. The van der Waals surface area contributed by atoms with Crippen LogP contribution in [0.2, 0.25) is 0 Å². The van der Waals surface area contributed by atoms with Crippen molar-refractivity contribution in [3.8, 4) is 0 Å². The van der Waals surface area contributed by atoms with Gasteiger partial charge in [0.1, 0.15) is 5.82 Å². The van der Waals surface area contributed by atoms with E-state index in [9.17, 15) is 4.39 Å². The number of halogens is 2. The molecule has 2 nitrogen and oxygen atoms in total. The van der Waals surface area contributed by atoms with Gasteiger partial charge in [-0.25, -0.2) is 4.39 Å². The molecule has 0 aliphatic carbocycles. The second kappa shape index (κ2) is 6.13. The summed E-state index contributed by atoms with van der Waals surface area (Å²) >= 11 is 3.40. The van der Waals surface area contributed by atoms with Crippen molar-refractivity contribution in [3.63, 3.8) is 0 Å². The van der Waals surface area contributed by atoms with Crippen molar-refractivity contribution in [1.29, 1.82) is 0 Å². The normalized spacial score (nSPS) is 20.0. The number of hydrogen-bond acceptors (Lipinski definition) is 2. The molecule has 0 amide bonds. The number of nitrogens with one attached hydrogen (secondary N) is 1. The fourth-order valence-corrected chi connectivity index (χ4v) is 2.84. The maximum Gasteiger partial charge on any atom is 0.128 e. The van der Waals surface area contributed by atoms with Gasteiger partial charge in [-0.3, -0.25) is 0 Å². The lowest BCUT2D eigenvalue weighted by Gasteiger charge is -2.31. The molecule has 1 aromatic rings. The number of piperidine rings is 1. The van der Waals surface area contributed by atoms with Gasteiger partial charge in [0.05, 0.1) is 0 Å². The van der Waals surface area contributed by atoms with Crippen molar-refractivity contribution in [3.05, 3.63) is 34.1 Å². The maximum absolute atomic E-state index is 13.8. The molecule has 1 heterocycles. The van der Waals surface area contributed by atoms with E-state index in [1.807, 2.05) is 13.0 Å². The zero-order valence-electron chi connectivity index (χ0n) is 10.9. The van der Waals surface area contributed by atoms with E-state index in [1.54, 1.807) is 6.07 Å². The Balaban J connectivity index is 1.98. The molecular weight excluding hydrogens is 295 g/mol. The van der Waals surface area contributed by atoms with Gasteiger partial charge in [0.2, 0.25) is 0 Å². The van der Waals surface area contributed by atoms with Crippen molar-refractivity contribution < 1.29 is 4.39 Å². The van der Waals surface area contributed by atoms with E-state index >= 15 is 0 Å². The van der Waals surface area contributed by atoms with Gasteiger partial charge in [0.25, 0.3) is 0 Å².